The van der Waals surface area contributed by atoms with Gasteiger partial charge in [0.2, 0.25) is 0 Å². The highest BCUT2D eigenvalue weighted by atomic mass is 16.5. The molecule has 1 N–H and O–H groups in total. The van der Waals surface area contributed by atoms with Crippen molar-refractivity contribution in [3.05, 3.63) is 95.6 Å². The number of phenolic OH excluding ortho intramolecular Hbond substituents is 1. The fourth-order valence-corrected chi connectivity index (χ4v) is 4.92. The van der Waals surface area contributed by atoms with Gasteiger partial charge in [-0.3, -0.25) is 4.90 Å². The highest BCUT2D eigenvalue weighted by Gasteiger charge is 2.15. The zero-order valence-electron chi connectivity index (χ0n) is 21.1. The predicted octanol–water partition coefficient (Wildman–Crippen LogP) is 7.80. The van der Waals surface area contributed by atoms with Crippen molar-refractivity contribution in [2.24, 2.45) is 0 Å². The molecule has 0 spiro atoms. The largest absolute Gasteiger partial charge is 0.508 e. The van der Waals surface area contributed by atoms with E-state index in [0.717, 1.165) is 43.7 Å². The molecule has 4 rings (SSSR count). The molecule has 3 heteroatoms. The number of hydrogen-bond acceptors (Lipinski definition) is 3. The molecule has 0 amide bonds. The maximum Gasteiger partial charge on any atom is 0.119 e. The van der Waals surface area contributed by atoms with Gasteiger partial charge in [0.25, 0.3) is 0 Å². The summed E-state index contributed by atoms with van der Waals surface area (Å²) in [6.45, 7) is 6.38. The van der Waals surface area contributed by atoms with Gasteiger partial charge < -0.3 is 9.84 Å². The molecule has 1 fully saturated rings. The molecule has 0 unspecified atom stereocenters. The van der Waals surface area contributed by atoms with E-state index in [9.17, 15) is 5.11 Å². The zero-order valence-corrected chi connectivity index (χ0v) is 21.1. The van der Waals surface area contributed by atoms with Crippen LogP contribution in [-0.4, -0.2) is 36.2 Å². The van der Waals surface area contributed by atoms with Crippen LogP contribution in [0.2, 0.25) is 0 Å². The molecule has 3 aromatic carbocycles. The molecule has 0 saturated carbocycles. The van der Waals surface area contributed by atoms with E-state index in [4.69, 9.17) is 4.74 Å². The van der Waals surface area contributed by atoms with Gasteiger partial charge in [0.1, 0.15) is 18.1 Å². The van der Waals surface area contributed by atoms with Crippen LogP contribution in [-0.2, 0) is 0 Å². The molecular weight excluding hydrogens is 430 g/mol. The third kappa shape index (κ3) is 7.22. The van der Waals surface area contributed by atoms with Crippen molar-refractivity contribution in [2.75, 3.05) is 26.2 Å². The van der Waals surface area contributed by atoms with Crippen LogP contribution in [0.25, 0.3) is 11.1 Å². The molecule has 0 radical (unpaired) electrons. The Hall–Kier alpha value is -3.04. The van der Waals surface area contributed by atoms with Gasteiger partial charge in [0, 0.05) is 6.54 Å². The van der Waals surface area contributed by atoms with Crippen molar-refractivity contribution in [1.29, 1.82) is 0 Å². The van der Waals surface area contributed by atoms with Crippen molar-refractivity contribution in [2.45, 2.75) is 51.9 Å². The lowest BCUT2D eigenvalue weighted by Crippen LogP contribution is -2.29. The van der Waals surface area contributed by atoms with Crippen molar-refractivity contribution in [3.8, 4) is 11.5 Å². The van der Waals surface area contributed by atoms with Gasteiger partial charge in [-0.1, -0.05) is 80.8 Å². The van der Waals surface area contributed by atoms with Gasteiger partial charge in [0.15, 0.2) is 0 Å². The van der Waals surface area contributed by atoms with Crippen molar-refractivity contribution >= 4 is 11.1 Å². The summed E-state index contributed by atoms with van der Waals surface area (Å²) in [5.41, 5.74) is 6.11. The quantitative estimate of drug-likeness (QED) is 0.308. The molecular formula is C32H39NO2. The highest BCUT2D eigenvalue weighted by molar-refractivity contribution is 5.98. The number of rotatable bonds is 10. The van der Waals surface area contributed by atoms with E-state index in [0.29, 0.717) is 0 Å². The van der Waals surface area contributed by atoms with Gasteiger partial charge in [-0.05, 0) is 90.9 Å². The molecule has 1 saturated heterocycles. The van der Waals surface area contributed by atoms with E-state index < -0.39 is 0 Å². The van der Waals surface area contributed by atoms with Crippen LogP contribution in [0, 0.1) is 0 Å². The SMILES string of the molecule is CCCC/C(=C(/c1ccccc1)c1ccc(O)cc1)c1ccc(OCCN2CCCCCC2)cc1. The average Bonchev–Trinajstić information content (AvgIpc) is 3.17. The lowest BCUT2D eigenvalue weighted by atomic mass is 9.87. The van der Waals surface area contributed by atoms with Crippen molar-refractivity contribution < 1.29 is 9.84 Å². The molecule has 3 nitrogen and oxygen atoms in total. The number of aromatic hydroxyl groups is 1. The van der Waals surface area contributed by atoms with E-state index in [2.05, 4.69) is 66.4 Å². The Balaban J connectivity index is 1.58. The Bertz CT molecular complexity index is 1050. The number of phenols is 1. The van der Waals surface area contributed by atoms with Crippen LogP contribution >= 0.6 is 0 Å². The van der Waals surface area contributed by atoms with E-state index >= 15 is 0 Å². The Morgan fingerprint density at radius 1 is 0.771 bits per heavy atom. The summed E-state index contributed by atoms with van der Waals surface area (Å²) in [6.07, 6.45) is 8.61. The summed E-state index contributed by atoms with van der Waals surface area (Å²) < 4.78 is 6.12. The second-order valence-electron chi connectivity index (χ2n) is 9.50. The van der Waals surface area contributed by atoms with Crippen LogP contribution < -0.4 is 4.74 Å². The number of benzene rings is 3. The number of ether oxygens (including phenoxy) is 1. The first kappa shape index (κ1) is 25.1. The summed E-state index contributed by atoms with van der Waals surface area (Å²) >= 11 is 0. The van der Waals surface area contributed by atoms with E-state index in [1.807, 2.05) is 12.1 Å². The first-order valence-corrected chi connectivity index (χ1v) is 13.3. The molecule has 1 aliphatic rings. The van der Waals surface area contributed by atoms with Gasteiger partial charge >= 0.3 is 0 Å². The summed E-state index contributed by atoms with van der Waals surface area (Å²) in [6, 6.07) is 26.8. The topological polar surface area (TPSA) is 32.7 Å². The maximum atomic E-state index is 9.87. The monoisotopic (exact) mass is 469 g/mol. The smallest absolute Gasteiger partial charge is 0.119 e. The predicted molar refractivity (Wildman–Crippen MR) is 147 cm³/mol. The number of allylic oxidation sites excluding steroid dienone is 1. The third-order valence-electron chi connectivity index (χ3n) is 6.88. The normalized spacial score (nSPS) is 15.3. The Morgan fingerprint density at radius 2 is 1.40 bits per heavy atom. The van der Waals surface area contributed by atoms with Gasteiger partial charge in [-0.15, -0.1) is 0 Å². The molecule has 0 bridgehead atoms. The van der Waals surface area contributed by atoms with Crippen LogP contribution in [0.15, 0.2) is 78.9 Å². The Kier molecular flexibility index (Phi) is 9.42. The van der Waals surface area contributed by atoms with Crippen molar-refractivity contribution in [3.63, 3.8) is 0 Å². The number of nitrogens with zero attached hydrogens (tertiary/aromatic N) is 1. The molecule has 1 heterocycles. The summed E-state index contributed by atoms with van der Waals surface area (Å²) in [5, 5.41) is 9.87. The number of unbranched alkanes of at least 4 members (excludes halogenated alkanes) is 1. The van der Waals surface area contributed by atoms with Crippen molar-refractivity contribution in [1.82, 2.24) is 4.90 Å². The van der Waals surface area contributed by atoms with E-state index in [-0.39, 0.29) is 5.75 Å². The average molecular weight is 470 g/mol. The molecule has 35 heavy (non-hydrogen) atoms. The summed E-state index contributed by atoms with van der Waals surface area (Å²) in [4.78, 5) is 2.54. The molecule has 0 aromatic heterocycles. The lowest BCUT2D eigenvalue weighted by molar-refractivity contribution is 0.214. The van der Waals surface area contributed by atoms with Crippen LogP contribution in [0.4, 0.5) is 0 Å². The zero-order chi connectivity index (χ0) is 24.3. The fourth-order valence-electron chi connectivity index (χ4n) is 4.92. The lowest BCUT2D eigenvalue weighted by Gasteiger charge is -2.20. The minimum atomic E-state index is 0.290. The fraction of sp³-hybridized carbons (Fsp3) is 0.375. The molecule has 0 atom stereocenters. The van der Waals surface area contributed by atoms with E-state index in [1.54, 1.807) is 12.1 Å². The van der Waals surface area contributed by atoms with Gasteiger partial charge in [-0.25, -0.2) is 0 Å². The Labute approximate surface area is 211 Å². The standard InChI is InChI=1S/C32H39NO2/c1-2-3-13-31(32(27-11-7-6-8-12-27)28-14-18-29(34)19-15-28)26-16-20-30(21-17-26)35-25-24-33-22-9-4-5-10-23-33/h6-8,11-12,14-21,34H,2-5,9-10,13,22-25H2,1H3/b32-31+. The van der Waals surface area contributed by atoms with Crippen LogP contribution in [0.1, 0.15) is 68.6 Å². The maximum absolute atomic E-state index is 9.87. The first-order valence-electron chi connectivity index (χ1n) is 13.3. The summed E-state index contributed by atoms with van der Waals surface area (Å²) in [5.74, 6) is 1.22. The van der Waals surface area contributed by atoms with Gasteiger partial charge in [0.05, 0.1) is 0 Å². The second kappa shape index (κ2) is 13.2. The van der Waals surface area contributed by atoms with Crippen LogP contribution in [0.5, 0.6) is 11.5 Å². The number of hydrogen-bond donors (Lipinski definition) is 1. The first-order chi connectivity index (χ1) is 17.2. The minimum absolute atomic E-state index is 0.290. The Morgan fingerprint density at radius 3 is 2.06 bits per heavy atom. The van der Waals surface area contributed by atoms with E-state index in [1.165, 1.54) is 61.0 Å². The molecule has 184 valence electrons. The minimum Gasteiger partial charge on any atom is -0.508 e. The molecule has 3 aromatic rings. The van der Waals surface area contributed by atoms with Crippen LogP contribution in [0.3, 0.4) is 0 Å². The van der Waals surface area contributed by atoms with Gasteiger partial charge in [-0.2, -0.15) is 0 Å². The molecule has 0 aliphatic carbocycles. The third-order valence-corrected chi connectivity index (χ3v) is 6.88. The second-order valence-corrected chi connectivity index (χ2v) is 9.50. The highest BCUT2D eigenvalue weighted by Crippen LogP contribution is 2.36. The number of likely N-dealkylation sites (tertiary alicyclic amines) is 1. The molecule has 1 aliphatic heterocycles. The summed E-state index contributed by atoms with van der Waals surface area (Å²) in [7, 11) is 0.